The summed E-state index contributed by atoms with van der Waals surface area (Å²) >= 11 is 7.62. The SMILES string of the molecule is CSCCC(C)N(C)c1ccc(CCl)cn1. The van der Waals surface area contributed by atoms with Gasteiger partial charge in [-0.2, -0.15) is 11.8 Å². The summed E-state index contributed by atoms with van der Waals surface area (Å²) in [6.07, 6.45) is 5.16. The maximum atomic E-state index is 5.73. The Labute approximate surface area is 107 Å². The van der Waals surface area contributed by atoms with Gasteiger partial charge in [0.05, 0.1) is 0 Å². The predicted octanol–water partition coefficient (Wildman–Crippen LogP) is 3.40. The first kappa shape index (κ1) is 13.7. The van der Waals surface area contributed by atoms with Crippen molar-refractivity contribution < 1.29 is 0 Å². The molecule has 1 heterocycles. The Hall–Kier alpha value is -0.410. The molecule has 0 aromatic carbocycles. The van der Waals surface area contributed by atoms with E-state index in [1.165, 1.54) is 12.2 Å². The topological polar surface area (TPSA) is 16.1 Å². The third-order valence-electron chi connectivity index (χ3n) is 2.73. The second-order valence-electron chi connectivity index (χ2n) is 3.90. The van der Waals surface area contributed by atoms with Crippen LogP contribution in [0.25, 0.3) is 0 Å². The summed E-state index contributed by atoms with van der Waals surface area (Å²) in [5, 5.41) is 0. The van der Waals surface area contributed by atoms with Gasteiger partial charge in [-0.25, -0.2) is 4.98 Å². The first-order chi connectivity index (χ1) is 7.69. The molecule has 16 heavy (non-hydrogen) atoms. The normalized spacial score (nSPS) is 12.5. The van der Waals surface area contributed by atoms with Crippen molar-refractivity contribution in [3.05, 3.63) is 23.9 Å². The summed E-state index contributed by atoms with van der Waals surface area (Å²) in [7, 11) is 2.09. The van der Waals surface area contributed by atoms with Gasteiger partial charge in [-0.1, -0.05) is 6.07 Å². The molecule has 0 saturated heterocycles. The highest BCUT2D eigenvalue weighted by Gasteiger charge is 2.10. The van der Waals surface area contributed by atoms with E-state index in [1.807, 2.05) is 30.1 Å². The molecule has 1 atom stereocenters. The molecule has 0 aliphatic carbocycles. The highest BCUT2D eigenvalue weighted by Crippen LogP contribution is 2.15. The van der Waals surface area contributed by atoms with Crippen molar-refractivity contribution in [1.82, 2.24) is 4.98 Å². The van der Waals surface area contributed by atoms with Crippen molar-refractivity contribution in [1.29, 1.82) is 0 Å². The van der Waals surface area contributed by atoms with Crippen LogP contribution in [0.15, 0.2) is 18.3 Å². The van der Waals surface area contributed by atoms with Gasteiger partial charge in [0.2, 0.25) is 0 Å². The minimum atomic E-state index is 0.516. The summed E-state index contributed by atoms with van der Waals surface area (Å²) in [6, 6.07) is 4.59. The molecule has 0 radical (unpaired) electrons. The summed E-state index contributed by atoms with van der Waals surface area (Å²) in [6.45, 7) is 2.23. The number of hydrogen-bond acceptors (Lipinski definition) is 3. The molecule has 1 aromatic rings. The Bertz CT molecular complexity index is 302. The van der Waals surface area contributed by atoms with Gasteiger partial charge >= 0.3 is 0 Å². The number of aromatic nitrogens is 1. The summed E-state index contributed by atoms with van der Waals surface area (Å²) < 4.78 is 0. The zero-order valence-corrected chi connectivity index (χ0v) is 11.7. The van der Waals surface area contributed by atoms with Crippen molar-refractivity contribution in [3.8, 4) is 0 Å². The molecule has 0 aliphatic heterocycles. The molecule has 0 amide bonds. The molecule has 90 valence electrons. The van der Waals surface area contributed by atoms with Gasteiger partial charge in [0.1, 0.15) is 5.82 Å². The van der Waals surface area contributed by atoms with Crippen molar-refractivity contribution in [3.63, 3.8) is 0 Å². The van der Waals surface area contributed by atoms with Gasteiger partial charge in [0.25, 0.3) is 0 Å². The molecule has 0 N–H and O–H groups in total. The molecule has 0 spiro atoms. The van der Waals surface area contributed by atoms with Crippen LogP contribution in [0.4, 0.5) is 5.82 Å². The van der Waals surface area contributed by atoms with Gasteiger partial charge in [-0.05, 0) is 37.0 Å². The maximum Gasteiger partial charge on any atom is 0.128 e. The molecule has 1 rings (SSSR count). The summed E-state index contributed by atoms with van der Waals surface area (Å²) in [5.74, 6) is 2.73. The number of pyridine rings is 1. The van der Waals surface area contributed by atoms with E-state index in [4.69, 9.17) is 11.6 Å². The Kier molecular flexibility index (Phi) is 5.99. The fourth-order valence-electron chi connectivity index (χ4n) is 1.41. The molecular formula is C12H19ClN2S. The number of thioether (sulfide) groups is 1. The average Bonchev–Trinajstić information content (AvgIpc) is 2.35. The average molecular weight is 259 g/mol. The van der Waals surface area contributed by atoms with Crippen LogP contribution in [0, 0.1) is 0 Å². The number of rotatable bonds is 6. The van der Waals surface area contributed by atoms with E-state index in [-0.39, 0.29) is 0 Å². The molecule has 2 nitrogen and oxygen atoms in total. The number of nitrogens with zero attached hydrogens (tertiary/aromatic N) is 2. The number of anilines is 1. The van der Waals surface area contributed by atoms with Gasteiger partial charge in [-0.15, -0.1) is 11.6 Å². The quantitative estimate of drug-likeness (QED) is 0.728. The van der Waals surface area contributed by atoms with E-state index in [1.54, 1.807) is 0 Å². The zero-order chi connectivity index (χ0) is 12.0. The number of hydrogen-bond donors (Lipinski definition) is 0. The first-order valence-corrected chi connectivity index (χ1v) is 7.34. The highest BCUT2D eigenvalue weighted by atomic mass is 35.5. The van der Waals surface area contributed by atoms with E-state index in [2.05, 4.69) is 30.1 Å². The molecule has 0 saturated carbocycles. The van der Waals surface area contributed by atoms with Crippen LogP contribution in [-0.2, 0) is 5.88 Å². The van der Waals surface area contributed by atoms with E-state index >= 15 is 0 Å². The Morgan fingerprint density at radius 3 is 2.75 bits per heavy atom. The van der Waals surface area contributed by atoms with Gasteiger partial charge in [0, 0.05) is 25.2 Å². The molecule has 0 bridgehead atoms. The highest BCUT2D eigenvalue weighted by molar-refractivity contribution is 7.98. The third kappa shape index (κ3) is 3.87. The third-order valence-corrected chi connectivity index (χ3v) is 3.68. The number of alkyl halides is 1. The minimum Gasteiger partial charge on any atom is -0.357 e. The largest absolute Gasteiger partial charge is 0.357 e. The Morgan fingerprint density at radius 2 is 2.25 bits per heavy atom. The van der Waals surface area contributed by atoms with Gasteiger partial charge in [-0.3, -0.25) is 0 Å². The Morgan fingerprint density at radius 1 is 1.50 bits per heavy atom. The van der Waals surface area contributed by atoms with Crippen LogP contribution >= 0.6 is 23.4 Å². The molecule has 1 unspecified atom stereocenters. The lowest BCUT2D eigenvalue weighted by atomic mass is 10.2. The minimum absolute atomic E-state index is 0.516. The van der Waals surface area contributed by atoms with Crippen LogP contribution in [0.2, 0.25) is 0 Å². The lowest BCUT2D eigenvalue weighted by Crippen LogP contribution is -2.30. The lowest BCUT2D eigenvalue weighted by molar-refractivity contribution is 0.662. The fourth-order valence-corrected chi connectivity index (χ4v) is 2.15. The summed E-state index contributed by atoms with van der Waals surface area (Å²) in [5.41, 5.74) is 1.07. The predicted molar refractivity (Wildman–Crippen MR) is 74.7 cm³/mol. The zero-order valence-electron chi connectivity index (χ0n) is 10.1. The van der Waals surface area contributed by atoms with Crippen molar-refractivity contribution >= 4 is 29.2 Å². The van der Waals surface area contributed by atoms with Crippen molar-refractivity contribution in [2.45, 2.75) is 25.3 Å². The maximum absolute atomic E-state index is 5.73. The standard InChI is InChI=1S/C12H19ClN2S/c1-10(6-7-16-3)15(2)12-5-4-11(8-13)9-14-12/h4-5,9-10H,6-8H2,1-3H3. The van der Waals surface area contributed by atoms with Gasteiger partial charge in [0.15, 0.2) is 0 Å². The lowest BCUT2D eigenvalue weighted by Gasteiger charge is -2.25. The van der Waals surface area contributed by atoms with Crippen LogP contribution in [-0.4, -0.2) is 30.1 Å². The van der Waals surface area contributed by atoms with E-state index < -0.39 is 0 Å². The van der Waals surface area contributed by atoms with Crippen molar-refractivity contribution in [2.24, 2.45) is 0 Å². The van der Waals surface area contributed by atoms with E-state index in [9.17, 15) is 0 Å². The smallest absolute Gasteiger partial charge is 0.128 e. The second-order valence-corrected chi connectivity index (χ2v) is 5.15. The van der Waals surface area contributed by atoms with Gasteiger partial charge < -0.3 is 4.90 Å². The van der Waals surface area contributed by atoms with E-state index in [0.29, 0.717) is 11.9 Å². The van der Waals surface area contributed by atoms with Crippen LogP contribution < -0.4 is 4.90 Å². The Balaban J connectivity index is 2.60. The molecule has 1 aromatic heterocycles. The van der Waals surface area contributed by atoms with Crippen LogP contribution in [0.1, 0.15) is 18.9 Å². The fraction of sp³-hybridized carbons (Fsp3) is 0.583. The van der Waals surface area contributed by atoms with Crippen molar-refractivity contribution in [2.75, 3.05) is 24.0 Å². The molecule has 0 aliphatic rings. The first-order valence-electron chi connectivity index (χ1n) is 5.41. The molecule has 4 heteroatoms. The second kappa shape index (κ2) is 7.02. The van der Waals surface area contributed by atoms with E-state index in [0.717, 1.165) is 11.4 Å². The van der Waals surface area contributed by atoms with Crippen LogP contribution in [0.5, 0.6) is 0 Å². The molecular weight excluding hydrogens is 240 g/mol. The number of halogens is 1. The summed E-state index contributed by atoms with van der Waals surface area (Å²) in [4.78, 5) is 6.63. The molecule has 0 fully saturated rings. The van der Waals surface area contributed by atoms with Crippen LogP contribution in [0.3, 0.4) is 0 Å². The monoisotopic (exact) mass is 258 g/mol.